The number of carboxylic acid groups (broad SMARTS) is 1. The lowest BCUT2D eigenvalue weighted by Gasteiger charge is -2.13. The molecule has 0 unspecified atom stereocenters. The molecule has 0 atom stereocenters. The number of carbonyl (C=O) groups is 1. The first-order valence-corrected chi connectivity index (χ1v) is 6.88. The third-order valence-electron chi connectivity index (χ3n) is 3.30. The average Bonchev–Trinajstić information content (AvgIpc) is 2.54. The summed E-state index contributed by atoms with van der Waals surface area (Å²) >= 11 is 0. The van der Waals surface area contributed by atoms with E-state index < -0.39 is 5.97 Å². The Labute approximate surface area is 129 Å². The Morgan fingerprint density at radius 1 is 1.09 bits per heavy atom. The Balaban J connectivity index is 2.02. The predicted molar refractivity (Wildman–Crippen MR) is 83.5 cm³/mol. The number of carboxylic acids is 1. The Morgan fingerprint density at radius 3 is 2.55 bits per heavy atom. The van der Waals surface area contributed by atoms with Crippen LogP contribution in [-0.4, -0.2) is 25.3 Å². The van der Waals surface area contributed by atoms with Crippen molar-refractivity contribution < 1.29 is 19.4 Å². The van der Waals surface area contributed by atoms with Crippen LogP contribution in [0, 0.1) is 0 Å². The van der Waals surface area contributed by atoms with E-state index in [1.54, 1.807) is 32.4 Å². The van der Waals surface area contributed by atoms with Crippen LogP contribution in [0.4, 0.5) is 0 Å². The summed E-state index contributed by atoms with van der Waals surface area (Å²) in [5.41, 5.74) is 2.19. The van der Waals surface area contributed by atoms with Crippen molar-refractivity contribution in [1.82, 2.24) is 5.32 Å². The van der Waals surface area contributed by atoms with Crippen molar-refractivity contribution in [2.45, 2.75) is 13.1 Å². The van der Waals surface area contributed by atoms with Crippen molar-refractivity contribution in [2.24, 2.45) is 0 Å². The first-order chi connectivity index (χ1) is 10.7. The Hall–Kier alpha value is -2.53. The summed E-state index contributed by atoms with van der Waals surface area (Å²) < 4.78 is 10.6. The molecule has 2 aromatic carbocycles. The topological polar surface area (TPSA) is 67.8 Å². The van der Waals surface area contributed by atoms with E-state index in [0.717, 1.165) is 11.1 Å². The lowest BCUT2D eigenvalue weighted by atomic mass is 10.1. The zero-order chi connectivity index (χ0) is 15.9. The van der Waals surface area contributed by atoms with Crippen molar-refractivity contribution in [1.29, 1.82) is 0 Å². The molecule has 2 N–H and O–H groups in total. The number of methoxy groups -OCH3 is 2. The average molecular weight is 301 g/mol. The molecular formula is C17H19NO4. The van der Waals surface area contributed by atoms with Crippen molar-refractivity contribution in [2.75, 3.05) is 14.2 Å². The molecule has 2 rings (SSSR count). The van der Waals surface area contributed by atoms with E-state index in [0.29, 0.717) is 30.2 Å². The predicted octanol–water partition coefficient (Wildman–Crippen LogP) is 2.69. The summed E-state index contributed by atoms with van der Waals surface area (Å²) in [5, 5.41) is 12.3. The van der Waals surface area contributed by atoms with Crippen molar-refractivity contribution in [3.8, 4) is 11.5 Å². The molecule has 0 aromatic heterocycles. The minimum Gasteiger partial charge on any atom is -0.493 e. The Bertz CT molecular complexity index is 655. The second-order valence-corrected chi connectivity index (χ2v) is 4.76. The monoisotopic (exact) mass is 301 g/mol. The minimum absolute atomic E-state index is 0.290. The Morgan fingerprint density at radius 2 is 1.86 bits per heavy atom. The van der Waals surface area contributed by atoms with E-state index in [1.807, 2.05) is 24.3 Å². The van der Waals surface area contributed by atoms with Gasteiger partial charge in [-0.05, 0) is 23.8 Å². The SMILES string of the molecule is COc1cccc(CNCc2cccc(C(=O)O)c2)c1OC. The number of hydrogen-bond acceptors (Lipinski definition) is 4. The lowest BCUT2D eigenvalue weighted by molar-refractivity contribution is 0.0696. The molecule has 116 valence electrons. The van der Waals surface area contributed by atoms with Crippen LogP contribution in [0.2, 0.25) is 0 Å². The zero-order valence-corrected chi connectivity index (χ0v) is 12.6. The number of nitrogens with one attached hydrogen (secondary N) is 1. The van der Waals surface area contributed by atoms with Gasteiger partial charge in [0.15, 0.2) is 11.5 Å². The summed E-state index contributed by atoms with van der Waals surface area (Å²) in [6, 6.07) is 12.6. The molecular weight excluding hydrogens is 282 g/mol. The molecule has 0 radical (unpaired) electrons. The molecule has 0 bridgehead atoms. The van der Waals surface area contributed by atoms with Gasteiger partial charge in [-0.2, -0.15) is 0 Å². The number of aromatic carboxylic acids is 1. The van der Waals surface area contributed by atoms with Crippen LogP contribution in [-0.2, 0) is 13.1 Å². The summed E-state index contributed by atoms with van der Waals surface area (Å²) in [6.07, 6.45) is 0. The third kappa shape index (κ3) is 3.77. The van der Waals surface area contributed by atoms with E-state index in [2.05, 4.69) is 5.32 Å². The molecule has 0 amide bonds. The summed E-state index contributed by atoms with van der Waals surface area (Å²) in [4.78, 5) is 11.0. The van der Waals surface area contributed by atoms with Gasteiger partial charge in [-0.15, -0.1) is 0 Å². The van der Waals surface area contributed by atoms with Crippen LogP contribution in [0.3, 0.4) is 0 Å². The summed E-state index contributed by atoms with van der Waals surface area (Å²) in [6.45, 7) is 1.17. The van der Waals surface area contributed by atoms with Crippen molar-refractivity contribution in [3.63, 3.8) is 0 Å². The second-order valence-electron chi connectivity index (χ2n) is 4.76. The maximum absolute atomic E-state index is 11.0. The third-order valence-corrected chi connectivity index (χ3v) is 3.30. The number of hydrogen-bond donors (Lipinski definition) is 2. The Kier molecular flexibility index (Phi) is 5.38. The molecule has 0 saturated carbocycles. The van der Waals surface area contributed by atoms with Crippen LogP contribution < -0.4 is 14.8 Å². The van der Waals surface area contributed by atoms with Gasteiger partial charge in [-0.25, -0.2) is 4.79 Å². The number of rotatable bonds is 7. The molecule has 22 heavy (non-hydrogen) atoms. The van der Waals surface area contributed by atoms with Crippen LogP contribution in [0.1, 0.15) is 21.5 Å². The van der Waals surface area contributed by atoms with Crippen molar-refractivity contribution in [3.05, 3.63) is 59.2 Å². The quantitative estimate of drug-likeness (QED) is 0.823. The van der Waals surface area contributed by atoms with Crippen LogP contribution in [0.25, 0.3) is 0 Å². The lowest BCUT2D eigenvalue weighted by Crippen LogP contribution is -2.14. The fourth-order valence-corrected chi connectivity index (χ4v) is 2.25. The van der Waals surface area contributed by atoms with Gasteiger partial charge >= 0.3 is 5.97 Å². The van der Waals surface area contributed by atoms with E-state index in [1.165, 1.54) is 0 Å². The standard InChI is InChI=1S/C17H19NO4/c1-21-15-8-4-7-14(16(15)22-2)11-18-10-12-5-3-6-13(9-12)17(19)20/h3-9,18H,10-11H2,1-2H3,(H,19,20). The molecule has 0 spiro atoms. The van der Waals surface area contributed by atoms with Gasteiger partial charge in [0.05, 0.1) is 19.8 Å². The van der Waals surface area contributed by atoms with Crippen LogP contribution in [0.15, 0.2) is 42.5 Å². The van der Waals surface area contributed by atoms with Gasteiger partial charge in [0.2, 0.25) is 0 Å². The van der Waals surface area contributed by atoms with Gasteiger partial charge in [0, 0.05) is 18.7 Å². The molecule has 0 fully saturated rings. The molecule has 0 heterocycles. The highest BCUT2D eigenvalue weighted by atomic mass is 16.5. The highest BCUT2D eigenvalue weighted by Gasteiger charge is 2.09. The van der Waals surface area contributed by atoms with E-state index >= 15 is 0 Å². The fraction of sp³-hybridized carbons (Fsp3) is 0.235. The molecule has 5 nitrogen and oxygen atoms in total. The normalized spacial score (nSPS) is 10.3. The number of benzene rings is 2. The van der Waals surface area contributed by atoms with E-state index in [4.69, 9.17) is 14.6 Å². The molecule has 0 aliphatic carbocycles. The van der Waals surface area contributed by atoms with Crippen molar-refractivity contribution >= 4 is 5.97 Å². The molecule has 0 saturated heterocycles. The van der Waals surface area contributed by atoms with Crippen LogP contribution in [0.5, 0.6) is 11.5 Å². The highest BCUT2D eigenvalue weighted by molar-refractivity contribution is 5.87. The summed E-state index contributed by atoms with van der Waals surface area (Å²) in [7, 11) is 3.21. The summed E-state index contributed by atoms with van der Waals surface area (Å²) in [5.74, 6) is 0.475. The molecule has 0 aliphatic rings. The largest absolute Gasteiger partial charge is 0.493 e. The van der Waals surface area contributed by atoms with Gasteiger partial charge in [-0.1, -0.05) is 24.3 Å². The smallest absolute Gasteiger partial charge is 0.335 e. The van der Waals surface area contributed by atoms with Gasteiger partial charge in [0.1, 0.15) is 0 Å². The molecule has 2 aromatic rings. The van der Waals surface area contributed by atoms with E-state index in [-0.39, 0.29) is 0 Å². The first kappa shape index (κ1) is 15.9. The fourth-order valence-electron chi connectivity index (χ4n) is 2.25. The minimum atomic E-state index is -0.920. The number of para-hydroxylation sites is 1. The molecule has 0 aliphatic heterocycles. The highest BCUT2D eigenvalue weighted by Crippen LogP contribution is 2.30. The van der Waals surface area contributed by atoms with Gasteiger partial charge in [-0.3, -0.25) is 0 Å². The maximum Gasteiger partial charge on any atom is 0.335 e. The zero-order valence-electron chi connectivity index (χ0n) is 12.6. The number of ether oxygens (including phenoxy) is 2. The van der Waals surface area contributed by atoms with Gasteiger partial charge in [0.25, 0.3) is 0 Å². The van der Waals surface area contributed by atoms with Crippen LogP contribution >= 0.6 is 0 Å². The maximum atomic E-state index is 11.0. The van der Waals surface area contributed by atoms with E-state index in [9.17, 15) is 4.79 Å². The second kappa shape index (κ2) is 7.47. The van der Waals surface area contributed by atoms with Gasteiger partial charge < -0.3 is 19.9 Å². The first-order valence-electron chi connectivity index (χ1n) is 6.88. The molecule has 5 heteroatoms.